The van der Waals surface area contributed by atoms with Crippen molar-refractivity contribution in [1.82, 2.24) is 0 Å². The highest BCUT2D eigenvalue weighted by Gasteiger charge is 2.97. The molecule has 0 unspecified atom stereocenters. The van der Waals surface area contributed by atoms with Crippen LogP contribution in [0.2, 0.25) is 0 Å². The molecule has 0 aromatic carbocycles. The Labute approximate surface area is 205 Å². The van der Waals surface area contributed by atoms with Gasteiger partial charge in [0.1, 0.15) is 0 Å². The second-order valence-corrected chi connectivity index (χ2v) is 7.44. The van der Waals surface area contributed by atoms with Crippen molar-refractivity contribution < 1.29 is 107 Å². The van der Waals surface area contributed by atoms with Crippen LogP contribution in [-0.2, 0) is 9.53 Å². The van der Waals surface area contributed by atoms with Crippen molar-refractivity contribution in [1.29, 1.82) is 0 Å². The fraction of sp³-hybridized carbons (Fsp3) is 0.812. The van der Waals surface area contributed by atoms with E-state index in [0.29, 0.717) is 0 Å². The quantitative estimate of drug-likeness (QED) is 0.137. The lowest BCUT2D eigenvalue weighted by Crippen LogP contribution is -2.76. The summed E-state index contributed by atoms with van der Waals surface area (Å²) < 4.78 is 281. The van der Waals surface area contributed by atoms with E-state index in [1.807, 2.05) is 0 Å². The third kappa shape index (κ3) is 5.11. The predicted octanol–water partition coefficient (Wildman–Crippen LogP) is 6.75. The van der Waals surface area contributed by atoms with E-state index in [2.05, 4.69) is 11.3 Å². The van der Waals surface area contributed by atoms with Crippen molar-refractivity contribution >= 4 is 5.97 Å². The molecular formula is C16H9F21O3. The first-order chi connectivity index (χ1) is 17.1. The van der Waals surface area contributed by atoms with Crippen molar-refractivity contribution in [2.75, 3.05) is 13.2 Å². The van der Waals surface area contributed by atoms with E-state index in [1.54, 1.807) is 0 Å². The second-order valence-electron chi connectivity index (χ2n) is 7.44. The number of carbonyl (C=O) groups excluding carboxylic acids is 1. The second kappa shape index (κ2) is 10.2. The number of aliphatic hydroxyl groups excluding tert-OH is 1. The molecule has 40 heavy (non-hydrogen) atoms. The summed E-state index contributed by atoms with van der Waals surface area (Å²) in [6.07, 6.45) is -11.1. The predicted molar refractivity (Wildman–Crippen MR) is 82.4 cm³/mol. The summed E-state index contributed by atoms with van der Waals surface area (Å²) in [7, 11) is 0. The lowest BCUT2D eigenvalue weighted by atomic mass is 9.86. The number of esters is 1. The Bertz CT molecular complexity index is 948. The van der Waals surface area contributed by atoms with Gasteiger partial charge in [-0.3, -0.25) is 0 Å². The van der Waals surface area contributed by atoms with Gasteiger partial charge in [0.15, 0.2) is 0 Å². The van der Waals surface area contributed by atoms with Crippen molar-refractivity contribution in [2.45, 2.75) is 65.9 Å². The lowest BCUT2D eigenvalue weighted by Gasteiger charge is -2.44. The average molecular weight is 648 g/mol. The van der Waals surface area contributed by atoms with Crippen molar-refractivity contribution in [3.8, 4) is 0 Å². The number of aliphatic hydroxyl groups is 1. The summed E-state index contributed by atoms with van der Waals surface area (Å²) >= 11 is 0. The topological polar surface area (TPSA) is 46.5 Å². The summed E-state index contributed by atoms with van der Waals surface area (Å²) in [6, 6.07) is 0. The first kappa shape index (κ1) is 37.7. The standard InChI is InChI=1S/C16H9F21O3/c1-5(4-38)6(39)40-3-2-7(17,18)8(19,20)9(21,22)10(23,24)11(25,26)12(27,28)13(29,30)14(31,32)15(33,34)16(35,36)37/h38H,1-4H2. The monoisotopic (exact) mass is 648 g/mol. The summed E-state index contributed by atoms with van der Waals surface area (Å²) in [5.41, 5.74) is -1.04. The number of carbonyl (C=O) groups is 1. The molecule has 0 aliphatic rings. The molecule has 0 saturated heterocycles. The minimum atomic E-state index is -9.24. The van der Waals surface area contributed by atoms with Crippen LogP contribution < -0.4 is 0 Å². The first-order valence-electron chi connectivity index (χ1n) is 9.04. The van der Waals surface area contributed by atoms with Gasteiger partial charge >= 0.3 is 65.4 Å². The molecule has 0 radical (unpaired) electrons. The zero-order valence-corrected chi connectivity index (χ0v) is 18.0. The van der Waals surface area contributed by atoms with Gasteiger partial charge in [-0.15, -0.1) is 0 Å². The molecule has 0 aromatic rings. The highest BCUT2D eigenvalue weighted by atomic mass is 19.4. The minimum Gasteiger partial charge on any atom is -0.462 e. The van der Waals surface area contributed by atoms with Crippen LogP contribution in [-0.4, -0.2) is 83.8 Å². The molecule has 0 spiro atoms. The van der Waals surface area contributed by atoms with E-state index in [4.69, 9.17) is 5.11 Å². The van der Waals surface area contributed by atoms with Gasteiger partial charge < -0.3 is 9.84 Å². The SMILES string of the molecule is C=C(CO)C(=O)OCCC(F)(F)C(F)(F)C(F)(F)C(F)(F)C(F)(F)C(F)(F)C(F)(F)C(F)(F)C(F)(F)C(F)(F)F. The van der Waals surface area contributed by atoms with Gasteiger partial charge in [0.25, 0.3) is 0 Å². The minimum absolute atomic E-state index is 1.04. The molecule has 1 N–H and O–H groups in total. The molecule has 0 amide bonds. The Hall–Kier alpha value is -2.30. The molecule has 0 aliphatic carbocycles. The maximum absolute atomic E-state index is 13.7. The van der Waals surface area contributed by atoms with Gasteiger partial charge in [-0.25, -0.2) is 4.79 Å². The smallest absolute Gasteiger partial charge is 0.460 e. The van der Waals surface area contributed by atoms with E-state index in [-0.39, 0.29) is 0 Å². The van der Waals surface area contributed by atoms with E-state index in [0.717, 1.165) is 0 Å². The summed E-state index contributed by atoms with van der Waals surface area (Å²) in [5.74, 6) is -79.7. The van der Waals surface area contributed by atoms with Crippen LogP contribution in [0, 0.1) is 0 Å². The molecule has 0 heterocycles. The molecule has 0 bridgehead atoms. The Morgan fingerprint density at radius 2 is 0.800 bits per heavy atom. The molecule has 0 rings (SSSR count). The molecule has 0 saturated carbocycles. The average Bonchev–Trinajstić information content (AvgIpc) is 2.76. The normalized spacial score (nSPS) is 15.8. The van der Waals surface area contributed by atoms with Crippen molar-refractivity contribution in [2.24, 2.45) is 0 Å². The third-order valence-electron chi connectivity index (χ3n) is 4.70. The number of hydrogen-bond acceptors (Lipinski definition) is 3. The van der Waals surface area contributed by atoms with E-state index in [1.165, 1.54) is 0 Å². The molecule has 0 aliphatic heterocycles. The van der Waals surface area contributed by atoms with Gasteiger partial charge in [0.05, 0.1) is 25.2 Å². The number of hydrogen-bond donors (Lipinski definition) is 1. The first-order valence-corrected chi connectivity index (χ1v) is 9.04. The fourth-order valence-electron chi connectivity index (χ4n) is 2.19. The maximum Gasteiger partial charge on any atom is 0.460 e. The van der Waals surface area contributed by atoms with Gasteiger partial charge in [-0.2, -0.15) is 92.2 Å². The number of halogens is 21. The number of ether oxygens (including phenoxy) is 1. The molecule has 0 aromatic heterocycles. The van der Waals surface area contributed by atoms with Gasteiger partial charge in [-0.1, -0.05) is 6.58 Å². The van der Waals surface area contributed by atoms with Crippen LogP contribution in [0.15, 0.2) is 12.2 Å². The van der Waals surface area contributed by atoms with E-state index >= 15 is 0 Å². The number of rotatable bonds is 13. The summed E-state index contributed by atoms with van der Waals surface area (Å²) in [4.78, 5) is 11.0. The lowest BCUT2D eigenvalue weighted by molar-refractivity contribution is -0.474. The highest BCUT2D eigenvalue weighted by Crippen LogP contribution is 2.66. The molecule has 24 heteroatoms. The number of alkyl halides is 21. The summed E-state index contributed by atoms with van der Waals surface area (Å²) in [6.45, 7) is -0.886. The largest absolute Gasteiger partial charge is 0.462 e. The van der Waals surface area contributed by atoms with Gasteiger partial charge in [0.2, 0.25) is 0 Å². The molecule has 238 valence electrons. The van der Waals surface area contributed by atoms with E-state index in [9.17, 15) is 97.0 Å². The van der Waals surface area contributed by atoms with Crippen LogP contribution in [0.1, 0.15) is 6.42 Å². The molecule has 0 atom stereocenters. The maximum atomic E-state index is 13.7. The Morgan fingerprint density at radius 1 is 0.525 bits per heavy atom. The molecular weight excluding hydrogens is 639 g/mol. The van der Waals surface area contributed by atoms with Crippen LogP contribution in [0.5, 0.6) is 0 Å². The fourth-order valence-corrected chi connectivity index (χ4v) is 2.19. The Morgan fingerprint density at radius 3 is 1.07 bits per heavy atom. The zero-order valence-electron chi connectivity index (χ0n) is 18.0. The third-order valence-corrected chi connectivity index (χ3v) is 4.70. The van der Waals surface area contributed by atoms with E-state index < -0.39 is 90.7 Å². The zero-order chi connectivity index (χ0) is 33.0. The van der Waals surface area contributed by atoms with Crippen LogP contribution in [0.3, 0.4) is 0 Å². The van der Waals surface area contributed by atoms with Crippen molar-refractivity contribution in [3.63, 3.8) is 0 Å². The molecule has 3 nitrogen and oxygen atoms in total. The highest BCUT2D eigenvalue weighted by molar-refractivity contribution is 5.87. The van der Waals surface area contributed by atoms with Crippen molar-refractivity contribution in [3.05, 3.63) is 12.2 Å². The Kier molecular flexibility index (Phi) is 9.62. The van der Waals surface area contributed by atoms with Gasteiger partial charge in [0, 0.05) is 0 Å². The molecule has 0 fully saturated rings. The van der Waals surface area contributed by atoms with Crippen LogP contribution >= 0.6 is 0 Å². The van der Waals surface area contributed by atoms with Crippen LogP contribution in [0.25, 0.3) is 0 Å². The van der Waals surface area contributed by atoms with Gasteiger partial charge in [-0.05, 0) is 0 Å². The Balaban J connectivity index is 6.72. The summed E-state index contributed by atoms with van der Waals surface area (Å²) in [5, 5.41) is 8.44. The van der Waals surface area contributed by atoms with Crippen LogP contribution in [0.4, 0.5) is 92.2 Å².